The van der Waals surface area contributed by atoms with E-state index in [2.05, 4.69) is 23.4 Å². The lowest BCUT2D eigenvalue weighted by atomic mass is 10.1. The predicted octanol–water partition coefficient (Wildman–Crippen LogP) is 3.83. The van der Waals surface area contributed by atoms with E-state index >= 15 is 0 Å². The zero-order valence-electron chi connectivity index (χ0n) is 16.6. The lowest BCUT2D eigenvalue weighted by molar-refractivity contribution is 0.0105. The van der Waals surface area contributed by atoms with Crippen LogP contribution < -0.4 is 5.32 Å². The highest BCUT2D eigenvalue weighted by molar-refractivity contribution is 7.26. The highest BCUT2D eigenvalue weighted by Gasteiger charge is 2.34. The van der Waals surface area contributed by atoms with Gasteiger partial charge in [-0.25, -0.2) is 9.78 Å². The fraction of sp³-hybridized carbons (Fsp3) is 0.526. The number of aromatic nitrogens is 3. The Hall–Kier alpha value is -2.35. The topological polar surface area (TPSA) is 72.3 Å². The monoisotopic (exact) mass is 387 g/mol. The maximum absolute atomic E-state index is 12.1. The third-order valence-electron chi connectivity index (χ3n) is 4.62. The number of ether oxygens (including phenoxy) is 1. The van der Waals surface area contributed by atoms with E-state index in [0.29, 0.717) is 13.1 Å². The van der Waals surface area contributed by atoms with Gasteiger partial charge in [-0.1, -0.05) is 0 Å². The van der Waals surface area contributed by atoms with Gasteiger partial charge in [-0.3, -0.25) is 4.68 Å². The van der Waals surface area contributed by atoms with Crippen molar-refractivity contribution in [1.82, 2.24) is 19.7 Å². The minimum Gasteiger partial charge on any atom is -0.444 e. The number of anilines is 1. The first-order chi connectivity index (χ1) is 12.6. The SMILES string of the molecule is Cc1cc(C)c2c(n1)sc1c(NC3CN(C(=O)OC(C)(C)C)C3)nn(C)c12. The number of carbonyl (C=O) groups excluding carboxylic acids is 1. The Morgan fingerprint density at radius 1 is 1.33 bits per heavy atom. The summed E-state index contributed by atoms with van der Waals surface area (Å²) >= 11 is 1.67. The van der Waals surface area contributed by atoms with Gasteiger partial charge in [-0.15, -0.1) is 11.3 Å². The average Bonchev–Trinajstić information content (AvgIpc) is 2.98. The van der Waals surface area contributed by atoms with Crippen molar-refractivity contribution in [3.8, 4) is 0 Å². The molecule has 1 N–H and O–H groups in total. The predicted molar refractivity (Wildman–Crippen MR) is 109 cm³/mol. The molecule has 0 atom stereocenters. The van der Waals surface area contributed by atoms with Crippen LogP contribution in [0.25, 0.3) is 20.4 Å². The second-order valence-corrected chi connectivity index (χ2v) is 9.24. The van der Waals surface area contributed by atoms with E-state index in [9.17, 15) is 4.79 Å². The zero-order valence-corrected chi connectivity index (χ0v) is 17.4. The molecule has 0 spiro atoms. The van der Waals surface area contributed by atoms with Gasteiger partial charge in [0.15, 0.2) is 5.82 Å². The normalized spacial score (nSPS) is 15.4. The van der Waals surface area contributed by atoms with Crippen LogP contribution in [0.1, 0.15) is 32.0 Å². The molecule has 144 valence electrons. The van der Waals surface area contributed by atoms with Crippen molar-refractivity contribution >= 4 is 43.7 Å². The molecule has 0 aromatic carbocycles. The highest BCUT2D eigenvalue weighted by atomic mass is 32.1. The molecule has 3 aromatic rings. The number of nitrogens with one attached hydrogen (secondary N) is 1. The average molecular weight is 388 g/mol. The number of pyridine rings is 1. The van der Waals surface area contributed by atoms with Gasteiger partial charge in [-0.05, 0) is 46.2 Å². The van der Waals surface area contributed by atoms with E-state index in [0.717, 1.165) is 26.6 Å². The van der Waals surface area contributed by atoms with Gasteiger partial charge >= 0.3 is 6.09 Å². The van der Waals surface area contributed by atoms with Crippen LogP contribution >= 0.6 is 11.3 Å². The van der Waals surface area contributed by atoms with E-state index < -0.39 is 5.60 Å². The van der Waals surface area contributed by atoms with E-state index in [4.69, 9.17) is 9.72 Å². The first-order valence-electron chi connectivity index (χ1n) is 9.10. The van der Waals surface area contributed by atoms with E-state index in [1.165, 1.54) is 10.9 Å². The molecule has 0 radical (unpaired) electrons. The third kappa shape index (κ3) is 3.22. The van der Waals surface area contributed by atoms with Crippen molar-refractivity contribution in [2.75, 3.05) is 18.4 Å². The van der Waals surface area contributed by atoms with Gasteiger partial charge in [0, 0.05) is 31.2 Å². The zero-order chi connectivity index (χ0) is 19.5. The number of amides is 1. The second kappa shape index (κ2) is 6.09. The standard InChI is InChI=1S/C19H25N5O2S/c1-10-7-11(2)20-17-13(10)14-15(27-17)16(22-23(14)6)21-12-8-24(9-12)18(25)26-19(3,4)5/h7,12H,8-9H2,1-6H3,(H,21,22). The number of rotatable bonds is 2. The van der Waals surface area contributed by atoms with Crippen LogP contribution in [0.2, 0.25) is 0 Å². The van der Waals surface area contributed by atoms with Crippen LogP contribution in [0.3, 0.4) is 0 Å². The van der Waals surface area contributed by atoms with Crippen molar-refractivity contribution in [3.63, 3.8) is 0 Å². The van der Waals surface area contributed by atoms with Gasteiger partial charge in [0.1, 0.15) is 10.4 Å². The minimum atomic E-state index is -0.469. The molecule has 1 aliphatic heterocycles. The fourth-order valence-corrected chi connectivity index (χ4v) is 4.74. The third-order valence-corrected chi connectivity index (χ3v) is 5.70. The number of aryl methyl sites for hydroxylation is 3. The summed E-state index contributed by atoms with van der Waals surface area (Å²) in [6.07, 6.45) is -0.260. The molecule has 4 heterocycles. The molecule has 0 aliphatic carbocycles. The summed E-state index contributed by atoms with van der Waals surface area (Å²) in [7, 11) is 1.97. The molecule has 27 heavy (non-hydrogen) atoms. The highest BCUT2D eigenvalue weighted by Crippen LogP contribution is 2.39. The molecule has 0 unspecified atom stereocenters. The van der Waals surface area contributed by atoms with Gasteiger partial charge in [0.2, 0.25) is 0 Å². The van der Waals surface area contributed by atoms with Crippen molar-refractivity contribution < 1.29 is 9.53 Å². The Morgan fingerprint density at radius 3 is 2.70 bits per heavy atom. The van der Waals surface area contributed by atoms with E-state index in [1.807, 2.05) is 39.4 Å². The molecular formula is C19H25N5O2S. The Kier molecular flexibility index (Phi) is 4.06. The number of fused-ring (bicyclic) bond motifs is 3. The molecule has 1 aliphatic rings. The van der Waals surface area contributed by atoms with Gasteiger partial charge in [-0.2, -0.15) is 5.10 Å². The Labute approximate surface area is 162 Å². The molecule has 7 nitrogen and oxygen atoms in total. The van der Waals surface area contributed by atoms with E-state index in [1.54, 1.807) is 16.2 Å². The molecular weight excluding hydrogens is 362 g/mol. The summed E-state index contributed by atoms with van der Waals surface area (Å²) < 4.78 is 8.45. The van der Waals surface area contributed by atoms with Crippen LogP contribution in [-0.2, 0) is 11.8 Å². The Bertz CT molecular complexity index is 1040. The summed E-state index contributed by atoms with van der Waals surface area (Å²) in [4.78, 5) is 19.5. The quantitative estimate of drug-likeness (QED) is 0.723. The van der Waals surface area contributed by atoms with Gasteiger partial charge in [0.05, 0.1) is 16.3 Å². The van der Waals surface area contributed by atoms with Crippen LogP contribution in [-0.4, -0.2) is 50.5 Å². The molecule has 0 saturated carbocycles. The summed E-state index contributed by atoms with van der Waals surface area (Å²) in [5.74, 6) is 0.862. The molecule has 4 rings (SSSR count). The lowest BCUT2D eigenvalue weighted by Gasteiger charge is -2.40. The van der Waals surface area contributed by atoms with Crippen LogP contribution in [0.5, 0.6) is 0 Å². The first kappa shape index (κ1) is 18.0. The summed E-state index contributed by atoms with van der Waals surface area (Å²) in [5, 5.41) is 9.33. The second-order valence-electron chi connectivity index (χ2n) is 8.24. The smallest absolute Gasteiger partial charge is 0.410 e. The lowest BCUT2D eigenvalue weighted by Crippen LogP contribution is -2.58. The molecule has 1 saturated heterocycles. The number of nitrogens with zero attached hydrogens (tertiary/aromatic N) is 4. The fourth-order valence-electron chi connectivity index (χ4n) is 3.47. The van der Waals surface area contributed by atoms with Crippen LogP contribution in [0.15, 0.2) is 6.07 Å². The molecule has 1 amide bonds. The number of carbonyl (C=O) groups is 1. The number of likely N-dealkylation sites (tertiary alicyclic amines) is 1. The summed E-state index contributed by atoms with van der Waals surface area (Å²) in [5.41, 5.74) is 2.90. The van der Waals surface area contributed by atoms with Gasteiger partial charge in [0.25, 0.3) is 0 Å². The maximum atomic E-state index is 12.1. The minimum absolute atomic E-state index is 0.177. The first-order valence-corrected chi connectivity index (χ1v) is 9.92. The summed E-state index contributed by atoms with van der Waals surface area (Å²) in [6, 6.07) is 2.29. The Balaban J connectivity index is 1.54. The van der Waals surface area contributed by atoms with Crippen LogP contribution in [0.4, 0.5) is 10.6 Å². The van der Waals surface area contributed by atoms with Gasteiger partial charge < -0.3 is 15.0 Å². The molecule has 0 bridgehead atoms. The molecule has 3 aromatic heterocycles. The molecule has 1 fully saturated rings. The number of hydrogen-bond acceptors (Lipinski definition) is 6. The molecule has 8 heteroatoms. The number of hydrogen-bond donors (Lipinski definition) is 1. The van der Waals surface area contributed by atoms with Crippen molar-refractivity contribution in [3.05, 3.63) is 17.3 Å². The number of thiophene rings is 1. The van der Waals surface area contributed by atoms with Crippen molar-refractivity contribution in [1.29, 1.82) is 0 Å². The van der Waals surface area contributed by atoms with Crippen molar-refractivity contribution in [2.24, 2.45) is 7.05 Å². The van der Waals surface area contributed by atoms with E-state index in [-0.39, 0.29) is 12.1 Å². The maximum Gasteiger partial charge on any atom is 0.410 e. The Morgan fingerprint density at radius 2 is 2.04 bits per heavy atom. The van der Waals surface area contributed by atoms with Crippen LogP contribution in [0, 0.1) is 13.8 Å². The largest absolute Gasteiger partial charge is 0.444 e. The summed E-state index contributed by atoms with van der Waals surface area (Å²) in [6.45, 7) is 11.0. The van der Waals surface area contributed by atoms with Crippen molar-refractivity contribution in [2.45, 2.75) is 46.3 Å².